The van der Waals surface area contributed by atoms with Gasteiger partial charge in [0.2, 0.25) is 0 Å². The first-order valence-corrected chi connectivity index (χ1v) is 7.63. The van der Waals surface area contributed by atoms with Crippen LogP contribution in [-0.4, -0.2) is 48.3 Å². The van der Waals surface area contributed by atoms with Gasteiger partial charge in [-0.1, -0.05) is 20.3 Å². The molecule has 2 aliphatic carbocycles. The van der Waals surface area contributed by atoms with Crippen LogP contribution in [0.2, 0.25) is 0 Å². The quantitative estimate of drug-likeness (QED) is 0.694. The van der Waals surface area contributed by atoms with Gasteiger partial charge in [0.1, 0.15) is 0 Å². The van der Waals surface area contributed by atoms with E-state index in [0.717, 1.165) is 12.5 Å². The molecule has 3 nitrogen and oxygen atoms in total. The van der Waals surface area contributed by atoms with Crippen molar-refractivity contribution in [2.75, 3.05) is 26.7 Å². The Hall–Kier alpha value is -0.120. The summed E-state index contributed by atoms with van der Waals surface area (Å²) in [5.41, 5.74) is -0.0628. The minimum absolute atomic E-state index is 0.0628. The zero-order valence-electron chi connectivity index (χ0n) is 12.3. The Balaban J connectivity index is 1.90. The molecule has 0 heterocycles. The van der Waals surface area contributed by atoms with Crippen molar-refractivity contribution in [2.24, 2.45) is 11.8 Å². The molecule has 106 valence electrons. The fourth-order valence-electron chi connectivity index (χ4n) is 3.39. The largest absolute Gasteiger partial charge is 0.394 e. The molecule has 3 heteroatoms. The number of hydrogen-bond acceptors (Lipinski definition) is 3. The van der Waals surface area contributed by atoms with Crippen LogP contribution in [0.3, 0.4) is 0 Å². The van der Waals surface area contributed by atoms with E-state index in [1.807, 2.05) is 0 Å². The van der Waals surface area contributed by atoms with Crippen LogP contribution in [0.1, 0.15) is 46.0 Å². The van der Waals surface area contributed by atoms with Crippen molar-refractivity contribution >= 4 is 0 Å². The molecule has 0 saturated heterocycles. The molecule has 0 aromatic heterocycles. The van der Waals surface area contributed by atoms with Crippen molar-refractivity contribution in [2.45, 2.75) is 57.5 Å². The molecule has 0 aliphatic heterocycles. The van der Waals surface area contributed by atoms with Gasteiger partial charge in [-0.25, -0.2) is 0 Å². The highest BCUT2D eigenvalue weighted by Gasteiger charge is 2.45. The van der Waals surface area contributed by atoms with E-state index in [1.165, 1.54) is 38.6 Å². The molecule has 1 unspecified atom stereocenters. The van der Waals surface area contributed by atoms with E-state index < -0.39 is 0 Å². The fraction of sp³-hybridized carbons (Fsp3) is 1.00. The minimum Gasteiger partial charge on any atom is -0.394 e. The van der Waals surface area contributed by atoms with Gasteiger partial charge in [0, 0.05) is 19.1 Å². The van der Waals surface area contributed by atoms with E-state index in [-0.39, 0.29) is 12.1 Å². The van der Waals surface area contributed by atoms with Crippen LogP contribution in [0.5, 0.6) is 0 Å². The second-order valence-electron chi connectivity index (χ2n) is 6.88. The van der Waals surface area contributed by atoms with Gasteiger partial charge in [0.25, 0.3) is 0 Å². The van der Waals surface area contributed by atoms with Crippen molar-refractivity contribution in [1.82, 2.24) is 10.2 Å². The summed E-state index contributed by atoms with van der Waals surface area (Å²) in [5.74, 6) is 1.58. The molecule has 2 fully saturated rings. The Morgan fingerprint density at radius 2 is 1.94 bits per heavy atom. The number of rotatable bonds is 8. The molecule has 0 bridgehead atoms. The van der Waals surface area contributed by atoms with Crippen LogP contribution in [0.25, 0.3) is 0 Å². The standard InChI is InChI=1S/C15H30N2O/c1-12(2)16-15(11-18,14-7-8-14)10-17(3)9-13-5-4-6-13/h12-14,16,18H,4-11H2,1-3H3. The molecule has 2 rings (SSSR count). The topological polar surface area (TPSA) is 35.5 Å². The second kappa shape index (κ2) is 5.89. The summed E-state index contributed by atoms with van der Waals surface area (Å²) in [4.78, 5) is 2.44. The maximum absolute atomic E-state index is 9.90. The third kappa shape index (κ3) is 3.46. The van der Waals surface area contributed by atoms with Crippen LogP contribution in [-0.2, 0) is 0 Å². The van der Waals surface area contributed by atoms with Gasteiger partial charge >= 0.3 is 0 Å². The maximum Gasteiger partial charge on any atom is 0.0628 e. The summed E-state index contributed by atoms with van der Waals surface area (Å²) < 4.78 is 0. The average Bonchev–Trinajstić information content (AvgIpc) is 3.05. The van der Waals surface area contributed by atoms with E-state index in [0.29, 0.717) is 12.0 Å². The highest BCUT2D eigenvalue weighted by molar-refractivity contribution is 5.03. The summed E-state index contributed by atoms with van der Waals surface area (Å²) in [7, 11) is 2.22. The van der Waals surface area contributed by atoms with Crippen molar-refractivity contribution in [3.05, 3.63) is 0 Å². The molecular weight excluding hydrogens is 224 g/mol. The van der Waals surface area contributed by atoms with Crippen molar-refractivity contribution < 1.29 is 5.11 Å². The monoisotopic (exact) mass is 254 g/mol. The van der Waals surface area contributed by atoms with Crippen LogP contribution in [0, 0.1) is 11.8 Å². The van der Waals surface area contributed by atoms with Crippen molar-refractivity contribution in [3.63, 3.8) is 0 Å². The van der Waals surface area contributed by atoms with E-state index in [4.69, 9.17) is 0 Å². The van der Waals surface area contributed by atoms with E-state index in [9.17, 15) is 5.11 Å². The Morgan fingerprint density at radius 3 is 2.33 bits per heavy atom. The summed E-state index contributed by atoms with van der Waals surface area (Å²) >= 11 is 0. The lowest BCUT2D eigenvalue weighted by Gasteiger charge is -2.40. The lowest BCUT2D eigenvalue weighted by molar-refractivity contribution is 0.0805. The number of nitrogens with one attached hydrogen (secondary N) is 1. The van der Waals surface area contributed by atoms with Gasteiger partial charge in [0.05, 0.1) is 12.1 Å². The molecule has 0 aromatic carbocycles. The average molecular weight is 254 g/mol. The molecular formula is C15H30N2O. The fourth-order valence-corrected chi connectivity index (χ4v) is 3.39. The molecule has 2 saturated carbocycles. The molecule has 1 atom stereocenters. The third-order valence-electron chi connectivity index (χ3n) is 4.56. The van der Waals surface area contributed by atoms with Crippen LogP contribution in [0.4, 0.5) is 0 Å². The molecule has 2 aliphatic rings. The zero-order chi connectivity index (χ0) is 13.2. The van der Waals surface area contributed by atoms with Gasteiger partial charge in [-0.15, -0.1) is 0 Å². The maximum atomic E-state index is 9.90. The smallest absolute Gasteiger partial charge is 0.0628 e. The Labute approximate surface area is 112 Å². The molecule has 0 spiro atoms. The van der Waals surface area contributed by atoms with Crippen molar-refractivity contribution in [3.8, 4) is 0 Å². The van der Waals surface area contributed by atoms with Crippen LogP contribution in [0.15, 0.2) is 0 Å². The lowest BCUT2D eigenvalue weighted by atomic mass is 9.84. The molecule has 18 heavy (non-hydrogen) atoms. The van der Waals surface area contributed by atoms with Crippen molar-refractivity contribution in [1.29, 1.82) is 0 Å². The lowest BCUT2D eigenvalue weighted by Crippen LogP contribution is -2.59. The first kappa shape index (κ1) is 14.3. The van der Waals surface area contributed by atoms with Gasteiger partial charge in [-0.3, -0.25) is 0 Å². The third-order valence-corrected chi connectivity index (χ3v) is 4.56. The Kier molecular flexibility index (Phi) is 4.68. The summed E-state index contributed by atoms with van der Waals surface area (Å²) in [6.45, 7) is 6.82. The second-order valence-corrected chi connectivity index (χ2v) is 6.88. The van der Waals surface area contributed by atoms with Gasteiger partial charge in [-0.05, 0) is 44.6 Å². The highest BCUT2D eigenvalue weighted by atomic mass is 16.3. The molecule has 0 aromatic rings. The van der Waals surface area contributed by atoms with E-state index >= 15 is 0 Å². The normalized spacial score (nSPS) is 24.3. The summed E-state index contributed by atoms with van der Waals surface area (Å²) in [6.07, 6.45) is 6.76. The minimum atomic E-state index is -0.0628. The van der Waals surface area contributed by atoms with Gasteiger partial charge in [-0.2, -0.15) is 0 Å². The Bertz CT molecular complexity index is 261. The SMILES string of the molecule is CC(C)NC(CO)(CN(C)CC1CCC1)C1CC1. The highest BCUT2D eigenvalue weighted by Crippen LogP contribution is 2.40. The number of aliphatic hydroxyl groups is 1. The first-order chi connectivity index (χ1) is 8.55. The van der Waals surface area contributed by atoms with E-state index in [2.05, 4.69) is 31.1 Å². The number of aliphatic hydroxyl groups excluding tert-OH is 1. The first-order valence-electron chi connectivity index (χ1n) is 7.63. The zero-order valence-corrected chi connectivity index (χ0v) is 12.3. The molecule has 0 radical (unpaired) electrons. The molecule has 2 N–H and O–H groups in total. The van der Waals surface area contributed by atoms with E-state index in [1.54, 1.807) is 0 Å². The van der Waals surface area contributed by atoms with Crippen LogP contribution < -0.4 is 5.32 Å². The summed E-state index contributed by atoms with van der Waals surface area (Å²) in [6, 6.07) is 0.440. The number of likely N-dealkylation sites (N-methyl/N-ethyl adjacent to an activating group) is 1. The predicted molar refractivity (Wildman–Crippen MR) is 75.7 cm³/mol. The number of hydrogen-bond donors (Lipinski definition) is 2. The van der Waals surface area contributed by atoms with Gasteiger partial charge < -0.3 is 15.3 Å². The predicted octanol–water partition coefficient (Wildman–Crippen LogP) is 1.86. The van der Waals surface area contributed by atoms with Crippen LogP contribution >= 0.6 is 0 Å². The van der Waals surface area contributed by atoms with Gasteiger partial charge in [0.15, 0.2) is 0 Å². The molecule has 0 amide bonds. The number of nitrogens with zero attached hydrogens (tertiary/aromatic N) is 1. The Morgan fingerprint density at radius 1 is 1.28 bits per heavy atom. The summed E-state index contributed by atoms with van der Waals surface area (Å²) in [5, 5.41) is 13.6.